The smallest absolute Gasteiger partial charge is 0.493 e. The molecule has 2 nitrogen and oxygen atoms in total. The molecule has 0 saturated carbocycles. The Morgan fingerprint density at radius 2 is 0.833 bits per heavy atom. The van der Waals surface area contributed by atoms with Crippen LogP contribution in [0.1, 0.15) is 11.1 Å². The lowest BCUT2D eigenvalue weighted by molar-refractivity contribution is -0.597. The van der Waals surface area contributed by atoms with E-state index in [1.165, 1.54) is 18.3 Å². The molecule has 0 unspecified atom stereocenters. The summed E-state index contributed by atoms with van der Waals surface area (Å²) in [5.41, 5.74) is 2.63. The molecule has 8 heteroatoms. The van der Waals surface area contributed by atoms with Crippen LogP contribution < -0.4 is 30.7 Å². The summed E-state index contributed by atoms with van der Waals surface area (Å²) in [6.07, 6.45) is 1.85. The minimum absolute atomic E-state index is 0.160. The van der Waals surface area contributed by atoms with Crippen molar-refractivity contribution >= 4 is 7.25 Å². The van der Waals surface area contributed by atoms with Crippen molar-refractivity contribution in [3.63, 3.8) is 0 Å². The second kappa shape index (κ2) is 14.5. The molecule has 4 aromatic rings. The van der Waals surface area contributed by atoms with Gasteiger partial charge in [-0.3, -0.25) is 0 Å². The molecular formula is C28H26BF4IO2. The van der Waals surface area contributed by atoms with Crippen molar-refractivity contribution < 1.29 is 47.9 Å². The summed E-state index contributed by atoms with van der Waals surface area (Å²) in [5, 5.41) is 0. The maximum Gasteiger partial charge on any atom is 0.673 e. The van der Waals surface area contributed by atoms with Gasteiger partial charge >= 0.3 is 28.5 Å². The third-order valence-corrected chi connectivity index (χ3v) is 7.53. The maximum atomic E-state index is 9.75. The van der Waals surface area contributed by atoms with Crippen LogP contribution in [0.3, 0.4) is 0 Å². The van der Waals surface area contributed by atoms with Gasteiger partial charge in [0.2, 0.25) is 0 Å². The van der Waals surface area contributed by atoms with E-state index in [9.17, 15) is 17.3 Å². The molecule has 0 bridgehead atoms. The van der Waals surface area contributed by atoms with E-state index in [0.29, 0.717) is 13.2 Å². The molecule has 36 heavy (non-hydrogen) atoms. The van der Waals surface area contributed by atoms with Crippen molar-refractivity contribution in [3.05, 3.63) is 127 Å². The number of para-hydroxylation sites is 2. The normalized spacial score (nSPS) is 10.8. The van der Waals surface area contributed by atoms with Crippen LogP contribution in [-0.2, 0) is 12.8 Å². The van der Waals surface area contributed by atoms with Gasteiger partial charge < -0.3 is 26.7 Å². The Kier molecular flexibility index (Phi) is 11.1. The van der Waals surface area contributed by atoms with Crippen LogP contribution in [0.25, 0.3) is 0 Å². The first-order valence-corrected chi connectivity index (χ1v) is 13.6. The number of hydrogen-bond acceptors (Lipinski definition) is 2. The molecule has 0 fully saturated rings. The van der Waals surface area contributed by atoms with Crippen molar-refractivity contribution in [2.45, 2.75) is 12.8 Å². The number of ether oxygens (including phenoxy) is 2. The lowest BCUT2D eigenvalue weighted by Crippen LogP contribution is -3.61. The molecule has 188 valence electrons. The topological polar surface area (TPSA) is 18.5 Å². The number of halogens is 5. The molecule has 0 heterocycles. The lowest BCUT2D eigenvalue weighted by Gasteiger charge is -2.05. The van der Waals surface area contributed by atoms with E-state index in [4.69, 9.17) is 9.47 Å². The van der Waals surface area contributed by atoms with Crippen molar-refractivity contribution in [1.82, 2.24) is 0 Å². The third kappa shape index (κ3) is 11.6. The van der Waals surface area contributed by atoms with E-state index in [1.807, 2.05) is 60.7 Å². The van der Waals surface area contributed by atoms with Crippen LogP contribution in [0.2, 0.25) is 0 Å². The Labute approximate surface area is 219 Å². The fraction of sp³-hybridized carbons (Fsp3) is 0.143. The van der Waals surface area contributed by atoms with E-state index in [0.717, 1.165) is 24.3 Å². The predicted octanol–water partition coefficient (Wildman–Crippen LogP) is 4.36. The van der Waals surface area contributed by atoms with E-state index >= 15 is 0 Å². The monoisotopic (exact) mass is 608 g/mol. The Morgan fingerprint density at radius 3 is 1.17 bits per heavy atom. The summed E-state index contributed by atoms with van der Waals surface area (Å²) < 4.78 is 53.5. The summed E-state index contributed by atoms with van der Waals surface area (Å²) in [4.78, 5) is 0. The molecule has 0 saturated heterocycles. The van der Waals surface area contributed by atoms with Crippen molar-refractivity contribution in [2.24, 2.45) is 0 Å². The van der Waals surface area contributed by atoms with E-state index < -0.39 is 7.25 Å². The predicted molar refractivity (Wildman–Crippen MR) is 132 cm³/mol. The third-order valence-electron chi connectivity index (χ3n) is 4.85. The molecule has 0 aliphatic carbocycles. The minimum atomic E-state index is -6.00. The van der Waals surface area contributed by atoms with Crippen molar-refractivity contribution in [1.29, 1.82) is 0 Å². The first-order chi connectivity index (χ1) is 17.3. The summed E-state index contributed by atoms with van der Waals surface area (Å²) in [6, 6.07) is 38.0. The quantitative estimate of drug-likeness (QED) is 0.152. The molecule has 0 atom stereocenters. The average molecular weight is 608 g/mol. The highest BCUT2D eigenvalue weighted by Gasteiger charge is 2.20. The van der Waals surface area contributed by atoms with Crippen molar-refractivity contribution in [2.75, 3.05) is 13.2 Å². The van der Waals surface area contributed by atoms with Crippen LogP contribution >= 0.6 is 0 Å². The zero-order valence-electron chi connectivity index (χ0n) is 19.5. The molecule has 4 rings (SSSR count). The standard InChI is InChI=1S/C28H26IO2.BF4/c1-3-7-27(8-4-1)30-21-19-23-11-15-25(16-12-23)29-26-17-13-24(14-18-26)20-22-31-28-9-5-2-6-10-28;2-1(3,4)5/h1-18H,19-22H2;/q+1;-1. The molecule has 0 amide bonds. The van der Waals surface area contributed by atoms with Crippen LogP contribution in [0.15, 0.2) is 109 Å². The Hall–Kier alpha value is -3.01. The van der Waals surface area contributed by atoms with Crippen LogP contribution in [-0.4, -0.2) is 20.5 Å². The molecule has 0 radical (unpaired) electrons. The Morgan fingerprint density at radius 1 is 0.500 bits per heavy atom. The Balaban J connectivity index is 0.000000658. The molecule has 0 aliphatic heterocycles. The lowest BCUT2D eigenvalue weighted by atomic mass is 10.2. The van der Waals surface area contributed by atoms with Gasteiger partial charge in [0.15, 0.2) is 7.14 Å². The molecule has 4 aromatic carbocycles. The fourth-order valence-corrected chi connectivity index (χ4v) is 5.32. The SMILES string of the molecule is F[B-](F)(F)F.c1ccc(OCCc2ccc([I+]c3ccc(CCOc4ccccc4)cc3)cc2)cc1. The average Bonchev–Trinajstić information content (AvgIpc) is 2.87. The fourth-order valence-electron chi connectivity index (χ4n) is 3.16. The highest BCUT2D eigenvalue weighted by Crippen LogP contribution is 2.10. The van der Waals surface area contributed by atoms with E-state index in [-0.39, 0.29) is 21.2 Å². The highest BCUT2D eigenvalue weighted by atomic mass is 127. The zero-order chi connectivity index (χ0) is 25.6. The van der Waals surface area contributed by atoms with E-state index in [2.05, 4.69) is 48.5 Å². The first-order valence-electron chi connectivity index (χ1n) is 11.4. The number of rotatable bonds is 10. The molecule has 0 aromatic heterocycles. The Bertz CT molecular complexity index is 1050. The zero-order valence-corrected chi connectivity index (χ0v) is 21.7. The van der Waals surface area contributed by atoms with Gasteiger partial charge in [0.05, 0.1) is 13.2 Å². The summed E-state index contributed by atoms with van der Waals surface area (Å²) in [5.74, 6) is 1.86. The highest BCUT2D eigenvalue weighted by molar-refractivity contribution is 6.50. The molecule has 0 N–H and O–H groups in total. The largest absolute Gasteiger partial charge is 0.673 e. The van der Waals surface area contributed by atoms with Gasteiger partial charge in [-0.05, 0) is 59.7 Å². The first kappa shape index (κ1) is 27.6. The second-order valence-corrected chi connectivity index (χ2v) is 10.7. The number of hydrogen-bond donors (Lipinski definition) is 0. The van der Waals surface area contributed by atoms with Gasteiger partial charge in [-0.15, -0.1) is 0 Å². The molecule has 0 spiro atoms. The van der Waals surface area contributed by atoms with Gasteiger partial charge in [-0.2, -0.15) is 0 Å². The molecule has 0 aliphatic rings. The summed E-state index contributed by atoms with van der Waals surface area (Å²) >= 11 is -0.160. The van der Waals surface area contributed by atoms with Gasteiger partial charge in [0.1, 0.15) is 11.5 Å². The van der Waals surface area contributed by atoms with Gasteiger partial charge in [-0.25, -0.2) is 0 Å². The molecular weight excluding hydrogens is 582 g/mol. The number of benzene rings is 4. The van der Waals surface area contributed by atoms with Gasteiger partial charge in [0.25, 0.3) is 0 Å². The van der Waals surface area contributed by atoms with E-state index in [1.54, 1.807) is 0 Å². The van der Waals surface area contributed by atoms with Crippen molar-refractivity contribution in [3.8, 4) is 11.5 Å². The second-order valence-electron chi connectivity index (χ2n) is 7.67. The summed E-state index contributed by atoms with van der Waals surface area (Å²) in [6.45, 7) is 1.40. The summed E-state index contributed by atoms with van der Waals surface area (Å²) in [7, 11) is -6.00. The van der Waals surface area contributed by atoms with Crippen LogP contribution in [0, 0.1) is 7.14 Å². The van der Waals surface area contributed by atoms with Gasteiger partial charge in [0, 0.05) is 12.8 Å². The minimum Gasteiger partial charge on any atom is -0.493 e. The van der Waals surface area contributed by atoms with Gasteiger partial charge in [-0.1, -0.05) is 60.7 Å². The maximum absolute atomic E-state index is 9.75. The van der Waals surface area contributed by atoms with Crippen LogP contribution in [0.4, 0.5) is 17.3 Å². The van der Waals surface area contributed by atoms with Crippen LogP contribution in [0.5, 0.6) is 11.5 Å².